The van der Waals surface area contributed by atoms with Crippen molar-refractivity contribution in [3.63, 3.8) is 0 Å². The fourth-order valence-electron chi connectivity index (χ4n) is 4.62. The first kappa shape index (κ1) is 24.0. The van der Waals surface area contributed by atoms with Crippen LogP contribution >= 0.6 is 23.4 Å². The number of aromatic nitrogens is 1. The Labute approximate surface area is 229 Å². The fraction of sp³-hybridized carbons (Fsp3) is 0. The first-order valence-electron chi connectivity index (χ1n) is 12.1. The van der Waals surface area contributed by atoms with E-state index in [1.807, 2.05) is 97.1 Å². The van der Waals surface area contributed by atoms with E-state index in [-0.39, 0.29) is 11.1 Å². The minimum Gasteiger partial charge on any atom is -0.309 e. The quantitative estimate of drug-likeness (QED) is 0.212. The number of imide groups is 1. The van der Waals surface area contributed by atoms with Crippen molar-refractivity contribution in [3.05, 3.63) is 137 Å². The standard InChI is InChI=1S/C32H21ClN2O2S/c33-25-16-18-27(19-17-25)34-28(22-10-4-1-5-11-22)20-24(30(34)23-12-6-2-7-13-23)21-29-31(36)35(32(37)38-29)26-14-8-3-9-15-26/h1-21H. The second-order valence-electron chi connectivity index (χ2n) is 8.73. The van der Waals surface area contributed by atoms with Gasteiger partial charge in [0, 0.05) is 16.3 Å². The number of anilines is 1. The average molecular weight is 533 g/mol. The van der Waals surface area contributed by atoms with E-state index in [1.54, 1.807) is 12.1 Å². The lowest BCUT2D eigenvalue weighted by Crippen LogP contribution is -2.27. The second-order valence-corrected chi connectivity index (χ2v) is 10.2. The smallest absolute Gasteiger partial charge is 0.298 e. The van der Waals surface area contributed by atoms with Gasteiger partial charge in [-0.15, -0.1) is 0 Å². The molecule has 0 atom stereocenters. The zero-order valence-electron chi connectivity index (χ0n) is 20.1. The van der Waals surface area contributed by atoms with E-state index >= 15 is 0 Å². The Morgan fingerprint density at radius 1 is 0.658 bits per heavy atom. The van der Waals surface area contributed by atoms with Gasteiger partial charge in [-0.05, 0) is 71.4 Å². The molecule has 4 aromatic carbocycles. The van der Waals surface area contributed by atoms with Crippen molar-refractivity contribution in [2.45, 2.75) is 0 Å². The molecular weight excluding hydrogens is 512 g/mol. The molecule has 4 nitrogen and oxygen atoms in total. The Balaban J connectivity index is 1.58. The molecule has 2 amide bonds. The Kier molecular flexibility index (Phi) is 6.46. The summed E-state index contributed by atoms with van der Waals surface area (Å²) in [7, 11) is 0. The van der Waals surface area contributed by atoms with Crippen LogP contribution in [0, 0.1) is 0 Å². The molecule has 0 aliphatic carbocycles. The van der Waals surface area contributed by atoms with Crippen molar-refractivity contribution in [1.29, 1.82) is 0 Å². The van der Waals surface area contributed by atoms with Crippen LogP contribution in [0.2, 0.25) is 5.02 Å². The highest BCUT2D eigenvalue weighted by atomic mass is 35.5. The molecule has 5 aromatic rings. The lowest BCUT2D eigenvalue weighted by molar-refractivity contribution is -0.113. The van der Waals surface area contributed by atoms with Crippen molar-refractivity contribution in [2.75, 3.05) is 4.90 Å². The lowest BCUT2D eigenvalue weighted by Gasteiger charge is -2.15. The molecule has 0 radical (unpaired) electrons. The summed E-state index contributed by atoms with van der Waals surface area (Å²) in [5.74, 6) is -0.328. The van der Waals surface area contributed by atoms with Crippen LogP contribution < -0.4 is 4.90 Å². The maximum absolute atomic E-state index is 13.4. The van der Waals surface area contributed by atoms with Gasteiger partial charge in [0.2, 0.25) is 0 Å². The number of amides is 2. The van der Waals surface area contributed by atoms with E-state index in [4.69, 9.17) is 11.6 Å². The molecule has 2 heterocycles. The van der Waals surface area contributed by atoms with Crippen LogP contribution in [0.1, 0.15) is 5.56 Å². The number of nitrogens with zero attached hydrogens (tertiary/aromatic N) is 2. The summed E-state index contributed by atoms with van der Waals surface area (Å²) in [6.07, 6.45) is 1.83. The third-order valence-corrected chi connectivity index (χ3v) is 7.45. The summed E-state index contributed by atoms with van der Waals surface area (Å²) in [6.45, 7) is 0. The number of halogens is 1. The number of hydrogen-bond donors (Lipinski definition) is 0. The van der Waals surface area contributed by atoms with Crippen molar-refractivity contribution in [3.8, 4) is 28.2 Å². The summed E-state index contributed by atoms with van der Waals surface area (Å²) in [5, 5.41) is 0.340. The number of carbonyl (C=O) groups excluding carboxylic acids is 2. The molecule has 0 saturated carbocycles. The fourth-order valence-corrected chi connectivity index (χ4v) is 5.58. The SMILES string of the molecule is O=C1SC(=Cc2cc(-c3ccccc3)n(-c3ccc(Cl)cc3)c2-c2ccccc2)C(=O)N1c1ccccc1. The van der Waals surface area contributed by atoms with E-state index in [0.29, 0.717) is 15.6 Å². The van der Waals surface area contributed by atoms with Crippen LogP contribution in [0.15, 0.2) is 126 Å². The minimum atomic E-state index is -0.328. The molecule has 1 saturated heterocycles. The Morgan fingerprint density at radius 3 is 1.87 bits per heavy atom. The Morgan fingerprint density at radius 2 is 1.24 bits per heavy atom. The molecule has 1 aromatic heterocycles. The highest BCUT2D eigenvalue weighted by Gasteiger charge is 2.36. The number of benzene rings is 4. The number of carbonyl (C=O) groups is 2. The number of thioether (sulfide) groups is 1. The van der Waals surface area contributed by atoms with Gasteiger partial charge in [0.25, 0.3) is 11.1 Å². The maximum atomic E-state index is 13.4. The monoisotopic (exact) mass is 532 g/mol. The van der Waals surface area contributed by atoms with E-state index in [0.717, 1.165) is 45.5 Å². The van der Waals surface area contributed by atoms with Crippen molar-refractivity contribution >= 4 is 46.3 Å². The van der Waals surface area contributed by atoms with Gasteiger partial charge in [-0.25, -0.2) is 4.90 Å². The van der Waals surface area contributed by atoms with Crippen LogP contribution in [-0.4, -0.2) is 15.7 Å². The van der Waals surface area contributed by atoms with Gasteiger partial charge in [0.15, 0.2) is 0 Å². The van der Waals surface area contributed by atoms with E-state index in [1.165, 1.54) is 4.90 Å². The molecule has 6 rings (SSSR count). The van der Waals surface area contributed by atoms with Crippen molar-refractivity contribution < 1.29 is 9.59 Å². The third kappa shape index (κ3) is 4.47. The lowest BCUT2D eigenvalue weighted by atomic mass is 10.1. The number of hydrogen-bond acceptors (Lipinski definition) is 3. The Hall–Kier alpha value is -4.32. The molecule has 0 bridgehead atoms. The van der Waals surface area contributed by atoms with E-state index in [9.17, 15) is 9.59 Å². The summed E-state index contributed by atoms with van der Waals surface area (Å²) >= 11 is 7.19. The van der Waals surface area contributed by atoms with Crippen molar-refractivity contribution in [1.82, 2.24) is 4.57 Å². The molecule has 184 valence electrons. The number of para-hydroxylation sites is 1. The van der Waals surface area contributed by atoms with Crippen LogP contribution in [0.3, 0.4) is 0 Å². The predicted molar refractivity (Wildman–Crippen MR) is 157 cm³/mol. The highest BCUT2D eigenvalue weighted by molar-refractivity contribution is 8.19. The van der Waals surface area contributed by atoms with Crippen LogP contribution in [0.4, 0.5) is 10.5 Å². The van der Waals surface area contributed by atoms with Crippen molar-refractivity contribution in [2.24, 2.45) is 0 Å². The average Bonchev–Trinajstić information content (AvgIpc) is 3.47. The predicted octanol–water partition coefficient (Wildman–Crippen LogP) is 8.71. The van der Waals surface area contributed by atoms with Gasteiger partial charge in [-0.2, -0.15) is 0 Å². The van der Waals surface area contributed by atoms with E-state index in [2.05, 4.69) is 22.8 Å². The molecule has 0 unspecified atom stereocenters. The first-order valence-corrected chi connectivity index (χ1v) is 13.2. The molecule has 0 spiro atoms. The first-order chi connectivity index (χ1) is 18.6. The second kappa shape index (κ2) is 10.2. The maximum Gasteiger partial charge on any atom is 0.298 e. The molecular formula is C32H21ClN2O2S. The summed E-state index contributed by atoms with van der Waals surface area (Å²) in [6, 6.07) is 38.9. The topological polar surface area (TPSA) is 42.3 Å². The van der Waals surface area contributed by atoms with Crippen LogP contribution in [-0.2, 0) is 4.79 Å². The highest BCUT2D eigenvalue weighted by Crippen LogP contribution is 2.41. The zero-order chi connectivity index (χ0) is 26.1. The van der Waals surface area contributed by atoms with Crippen LogP contribution in [0.5, 0.6) is 0 Å². The molecule has 38 heavy (non-hydrogen) atoms. The van der Waals surface area contributed by atoms with Gasteiger partial charge in [-0.1, -0.05) is 90.5 Å². The van der Waals surface area contributed by atoms with Gasteiger partial charge in [-0.3, -0.25) is 9.59 Å². The van der Waals surface area contributed by atoms with E-state index < -0.39 is 0 Å². The molecule has 6 heteroatoms. The van der Waals surface area contributed by atoms with Gasteiger partial charge in [0.1, 0.15) is 0 Å². The minimum absolute atomic E-state index is 0.311. The number of rotatable bonds is 5. The molecule has 0 N–H and O–H groups in total. The van der Waals surface area contributed by atoms with Gasteiger partial charge < -0.3 is 4.57 Å². The summed E-state index contributed by atoms with van der Waals surface area (Å²) in [5.41, 5.74) is 6.21. The largest absolute Gasteiger partial charge is 0.309 e. The normalized spacial score (nSPS) is 14.4. The molecule has 1 fully saturated rings. The third-order valence-electron chi connectivity index (χ3n) is 6.33. The zero-order valence-corrected chi connectivity index (χ0v) is 21.7. The van der Waals surface area contributed by atoms with Gasteiger partial charge >= 0.3 is 0 Å². The molecule has 1 aliphatic heterocycles. The molecule has 1 aliphatic rings. The van der Waals surface area contributed by atoms with Crippen LogP contribution in [0.25, 0.3) is 34.3 Å². The van der Waals surface area contributed by atoms with Gasteiger partial charge in [0.05, 0.1) is 22.0 Å². The summed E-state index contributed by atoms with van der Waals surface area (Å²) < 4.78 is 2.17. The summed E-state index contributed by atoms with van der Waals surface area (Å²) in [4.78, 5) is 27.9. The Bertz CT molecular complexity index is 1660.